The van der Waals surface area contributed by atoms with Crippen LogP contribution in [0.25, 0.3) is 0 Å². The van der Waals surface area contributed by atoms with Gasteiger partial charge in [-0.3, -0.25) is 0 Å². The fourth-order valence-corrected chi connectivity index (χ4v) is 3.29. The topological polar surface area (TPSA) is 38.2 Å². The van der Waals surface area contributed by atoms with Gasteiger partial charge in [0.1, 0.15) is 0 Å². The van der Waals surface area contributed by atoms with Crippen molar-refractivity contribution in [3.63, 3.8) is 0 Å². The molecule has 0 bridgehead atoms. The van der Waals surface area contributed by atoms with Crippen molar-refractivity contribution >= 4 is 29.1 Å². The summed E-state index contributed by atoms with van der Waals surface area (Å²) in [6.45, 7) is 1.65. The summed E-state index contributed by atoms with van der Waals surface area (Å²) in [6, 6.07) is 0.458. The predicted molar refractivity (Wildman–Crippen MR) is 59.6 cm³/mol. The molecule has 2 fully saturated rings. The lowest BCUT2D eigenvalue weighted by atomic mass is 10.1. The highest BCUT2D eigenvalue weighted by molar-refractivity contribution is 6.99. The third-order valence-electron chi connectivity index (χ3n) is 3.19. The van der Waals surface area contributed by atoms with Crippen LogP contribution in [0.5, 0.6) is 0 Å². The SMILES string of the molecule is Clc1nsnc1N1CCOC2CCCC21. The summed E-state index contributed by atoms with van der Waals surface area (Å²) in [4.78, 5) is 2.27. The summed E-state index contributed by atoms with van der Waals surface area (Å²) in [5.41, 5.74) is 0. The van der Waals surface area contributed by atoms with Gasteiger partial charge in [-0.25, -0.2) is 0 Å². The lowest BCUT2D eigenvalue weighted by Gasteiger charge is -2.37. The Morgan fingerprint density at radius 3 is 3.13 bits per heavy atom. The summed E-state index contributed by atoms with van der Waals surface area (Å²) >= 11 is 7.20. The van der Waals surface area contributed by atoms with E-state index in [1.807, 2.05) is 0 Å². The molecule has 1 aromatic rings. The first-order chi connectivity index (χ1) is 7.36. The monoisotopic (exact) mass is 245 g/mol. The summed E-state index contributed by atoms with van der Waals surface area (Å²) in [5, 5.41) is 0.535. The first-order valence-electron chi connectivity index (χ1n) is 5.22. The van der Waals surface area contributed by atoms with Crippen LogP contribution in [0.15, 0.2) is 0 Å². The van der Waals surface area contributed by atoms with Crippen molar-refractivity contribution in [3.05, 3.63) is 5.15 Å². The Bertz CT molecular complexity index is 359. The second kappa shape index (κ2) is 3.88. The van der Waals surface area contributed by atoms with Crippen LogP contribution in [0.1, 0.15) is 19.3 Å². The van der Waals surface area contributed by atoms with E-state index >= 15 is 0 Å². The molecule has 0 radical (unpaired) electrons. The van der Waals surface area contributed by atoms with E-state index in [9.17, 15) is 0 Å². The van der Waals surface area contributed by atoms with Gasteiger partial charge in [0.2, 0.25) is 0 Å². The molecule has 82 valence electrons. The first-order valence-corrected chi connectivity index (χ1v) is 6.33. The van der Waals surface area contributed by atoms with E-state index in [0.29, 0.717) is 17.3 Å². The minimum Gasteiger partial charge on any atom is -0.374 e. The Kier molecular flexibility index (Phi) is 2.54. The van der Waals surface area contributed by atoms with E-state index in [4.69, 9.17) is 16.3 Å². The number of aromatic nitrogens is 2. The summed E-state index contributed by atoms with van der Waals surface area (Å²) in [6.07, 6.45) is 3.95. The minimum atomic E-state index is 0.372. The number of hydrogen-bond donors (Lipinski definition) is 0. The Balaban J connectivity index is 1.88. The smallest absolute Gasteiger partial charge is 0.187 e. The summed E-state index contributed by atoms with van der Waals surface area (Å²) < 4.78 is 14.0. The third kappa shape index (κ3) is 1.62. The first kappa shape index (κ1) is 9.81. The lowest BCUT2D eigenvalue weighted by Crippen LogP contribution is -2.48. The Morgan fingerprint density at radius 1 is 1.40 bits per heavy atom. The Hall–Kier alpha value is -0.390. The molecule has 15 heavy (non-hydrogen) atoms. The van der Waals surface area contributed by atoms with Gasteiger partial charge in [0, 0.05) is 6.54 Å². The fraction of sp³-hybridized carbons (Fsp3) is 0.778. The van der Waals surface area contributed by atoms with E-state index in [2.05, 4.69) is 13.6 Å². The molecular weight excluding hydrogens is 234 g/mol. The maximum atomic E-state index is 6.02. The molecule has 4 nitrogen and oxygen atoms in total. The molecule has 1 saturated heterocycles. The Morgan fingerprint density at radius 2 is 2.33 bits per heavy atom. The van der Waals surface area contributed by atoms with Crippen molar-refractivity contribution < 1.29 is 4.74 Å². The van der Waals surface area contributed by atoms with Gasteiger partial charge in [0.25, 0.3) is 0 Å². The third-order valence-corrected chi connectivity index (χ3v) is 4.06. The zero-order chi connectivity index (χ0) is 10.3. The molecule has 2 unspecified atom stereocenters. The van der Waals surface area contributed by atoms with E-state index in [1.54, 1.807) is 0 Å². The minimum absolute atomic E-state index is 0.372. The molecule has 0 spiro atoms. The van der Waals surface area contributed by atoms with Gasteiger partial charge in [-0.2, -0.15) is 8.75 Å². The van der Waals surface area contributed by atoms with Crippen molar-refractivity contribution in [2.45, 2.75) is 31.4 Å². The maximum absolute atomic E-state index is 6.02. The number of fused-ring (bicyclic) bond motifs is 1. The van der Waals surface area contributed by atoms with Crippen LogP contribution in [0.4, 0.5) is 5.82 Å². The molecule has 1 aliphatic carbocycles. The van der Waals surface area contributed by atoms with Gasteiger partial charge in [-0.1, -0.05) is 11.6 Å². The van der Waals surface area contributed by atoms with Crippen LogP contribution in [-0.4, -0.2) is 34.0 Å². The number of hydrogen-bond acceptors (Lipinski definition) is 5. The fourth-order valence-electron chi connectivity index (χ4n) is 2.53. The van der Waals surface area contributed by atoms with Gasteiger partial charge >= 0.3 is 0 Å². The van der Waals surface area contributed by atoms with E-state index in [-0.39, 0.29) is 0 Å². The van der Waals surface area contributed by atoms with Crippen molar-refractivity contribution in [2.75, 3.05) is 18.1 Å². The predicted octanol–water partition coefficient (Wildman–Crippen LogP) is 1.95. The standard InChI is InChI=1S/C9H12ClN3OS/c10-8-9(12-15-11-8)13-4-5-14-7-3-1-2-6(7)13/h6-7H,1-5H2. The zero-order valence-corrected chi connectivity index (χ0v) is 9.80. The summed E-state index contributed by atoms with van der Waals surface area (Å²) in [7, 11) is 0. The quantitative estimate of drug-likeness (QED) is 0.758. The highest BCUT2D eigenvalue weighted by atomic mass is 35.5. The molecule has 1 aliphatic heterocycles. The van der Waals surface area contributed by atoms with Crippen LogP contribution in [0, 0.1) is 0 Å². The number of halogens is 1. The van der Waals surface area contributed by atoms with Crippen molar-refractivity contribution in [1.29, 1.82) is 0 Å². The average Bonchev–Trinajstić information content (AvgIpc) is 2.85. The number of ether oxygens (including phenoxy) is 1. The molecule has 6 heteroatoms. The Labute approximate surface area is 97.5 Å². The lowest BCUT2D eigenvalue weighted by molar-refractivity contribution is 0.0254. The normalized spacial score (nSPS) is 30.6. The van der Waals surface area contributed by atoms with Gasteiger partial charge in [-0.15, -0.1) is 0 Å². The van der Waals surface area contributed by atoms with Crippen molar-refractivity contribution in [3.8, 4) is 0 Å². The second-order valence-electron chi connectivity index (χ2n) is 3.98. The summed E-state index contributed by atoms with van der Waals surface area (Å²) in [5.74, 6) is 0.849. The van der Waals surface area contributed by atoms with Crippen LogP contribution >= 0.6 is 23.3 Å². The number of rotatable bonds is 1. The molecular formula is C9H12ClN3OS. The van der Waals surface area contributed by atoms with Gasteiger partial charge in [0.15, 0.2) is 11.0 Å². The molecule has 0 N–H and O–H groups in total. The second-order valence-corrected chi connectivity index (χ2v) is 4.87. The van der Waals surface area contributed by atoms with Crippen molar-refractivity contribution in [1.82, 2.24) is 8.75 Å². The zero-order valence-electron chi connectivity index (χ0n) is 8.23. The van der Waals surface area contributed by atoms with Crippen molar-refractivity contribution in [2.24, 2.45) is 0 Å². The number of nitrogens with zero attached hydrogens (tertiary/aromatic N) is 3. The van der Waals surface area contributed by atoms with Crippen LogP contribution in [0.2, 0.25) is 5.15 Å². The van der Waals surface area contributed by atoms with Crippen LogP contribution in [0.3, 0.4) is 0 Å². The molecule has 3 rings (SSSR count). The van der Waals surface area contributed by atoms with Crippen LogP contribution < -0.4 is 4.90 Å². The molecule has 2 atom stereocenters. The number of morpholine rings is 1. The largest absolute Gasteiger partial charge is 0.374 e. The molecule has 0 aromatic carbocycles. The average molecular weight is 246 g/mol. The molecule has 0 amide bonds. The van der Waals surface area contributed by atoms with E-state index in [1.165, 1.54) is 24.6 Å². The molecule has 2 aliphatic rings. The van der Waals surface area contributed by atoms with E-state index in [0.717, 1.165) is 25.4 Å². The maximum Gasteiger partial charge on any atom is 0.187 e. The molecule has 2 heterocycles. The highest BCUT2D eigenvalue weighted by Crippen LogP contribution is 2.34. The van der Waals surface area contributed by atoms with Gasteiger partial charge in [-0.05, 0) is 19.3 Å². The number of anilines is 1. The van der Waals surface area contributed by atoms with Gasteiger partial charge in [0.05, 0.1) is 30.5 Å². The molecule has 1 saturated carbocycles. The van der Waals surface area contributed by atoms with Crippen LogP contribution in [-0.2, 0) is 4.74 Å². The molecule has 1 aromatic heterocycles. The van der Waals surface area contributed by atoms with E-state index < -0.39 is 0 Å². The van der Waals surface area contributed by atoms with Gasteiger partial charge < -0.3 is 9.64 Å². The highest BCUT2D eigenvalue weighted by Gasteiger charge is 2.37.